The first kappa shape index (κ1) is 9.05. The van der Waals surface area contributed by atoms with Gasteiger partial charge in [0.05, 0.1) is 0 Å². The molecule has 0 aromatic heterocycles. The lowest BCUT2D eigenvalue weighted by Crippen LogP contribution is -2.05. The van der Waals surface area contributed by atoms with E-state index in [9.17, 15) is 21.6 Å². The molecule has 0 unspecified atom stereocenters. The van der Waals surface area contributed by atoms with E-state index in [1.807, 2.05) is 0 Å². The lowest BCUT2D eigenvalue weighted by molar-refractivity contribution is -0.0313. The Morgan fingerprint density at radius 3 is 1.67 bits per heavy atom. The summed E-state index contributed by atoms with van der Waals surface area (Å²) in [6, 6.07) is 0. The van der Waals surface area contributed by atoms with Crippen molar-refractivity contribution in [3.8, 4) is 0 Å². The number of halogens is 3. The van der Waals surface area contributed by atoms with E-state index in [1.54, 1.807) is 0 Å². The highest BCUT2D eigenvalue weighted by atomic mass is 33.2. The van der Waals surface area contributed by atoms with E-state index in [2.05, 4.69) is 0 Å². The second kappa shape index (κ2) is 2.35. The van der Waals surface area contributed by atoms with E-state index >= 15 is 0 Å². The van der Waals surface area contributed by atoms with Crippen molar-refractivity contribution >= 4 is 19.9 Å². The maximum atomic E-state index is 11.0. The number of hydrogen-bond donors (Lipinski definition) is 1. The molecular weight excluding hydrogens is 181 g/mol. The lowest BCUT2D eigenvalue weighted by atomic mass is 11.6. The SMILES string of the molecule is O=S(=O)(O)SC(F)(F)F. The molecular formula is CHF3O3S2. The van der Waals surface area contributed by atoms with Gasteiger partial charge < -0.3 is 0 Å². The van der Waals surface area contributed by atoms with Gasteiger partial charge in [0.15, 0.2) is 0 Å². The van der Waals surface area contributed by atoms with Gasteiger partial charge in [0, 0.05) is 0 Å². The number of rotatable bonds is 1. The zero-order valence-corrected chi connectivity index (χ0v) is 5.35. The Bertz CT molecular complexity index is 178. The Labute approximate surface area is 52.4 Å². The van der Waals surface area contributed by atoms with Gasteiger partial charge in [-0.25, -0.2) is 0 Å². The summed E-state index contributed by atoms with van der Waals surface area (Å²) in [5.74, 6) is 0. The smallest absolute Gasteiger partial charge is 0.277 e. The molecule has 0 rings (SSSR count). The minimum Gasteiger partial charge on any atom is -0.277 e. The van der Waals surface area contributed by atoms with Crippen LogP contribution in [-0.4, -0.2) is 18.5 Å². The Kier molecular flexibility index (Phi) is 2.36. The van der Waals surface area contributed by atoms with E-state index in [0.29, 0.717) is 0 Å². The van der Waals surface area contributed by atoms with E-state index in [0.717, 1.165) is 0 Å². The molecule has 0 aliphatic heterocycles. The molecule has 0 atom stereocenters. The third-order valence-electron chi connectivity index (χ3n) is 0.200. The number of hydrogen-bond acceptors (Lipinski definition) is 3. The highest BCUT2D eigenvalue weighted by Gasteiger charge is 2.35. The van der Waals surface area contributed by atoms with Gasteiger partial charge in [0.25, 0.3) is 0 Å². The summed E-state index contributed by atoms with van der Waals surface area (Å²) in [6.07, 6.45) is 0. The van der Waals surface area contributed by atoms with Crippen molar-refractivity contribution in [2.45, 2.75) is 5.51 Å². The minimum atomic E-state index is -4.99. The van der Waals surface area contributed by atoms with Crippen LogP contribution in [0.5, 0.6) is 0 Å². The van der Waals surface area contributed by atoms with Crippen LogP contribution in [0.1, 0.15) is 0 Å². The van der Waals surface area contributed by atoms with Crippen LogP contribution in [0.25, 0.3) is 0 Å². The summed E-state index contributed by atoms with van der Waals surface area (Å²) < 4.78 is 59.4. The van der Waals surface area contributed by atoms with Gasteiger partial charge in [0.2, 0.25) is 0 Å². The molecule has 0 aromatic carbocycles. The fourth-order valence-electron chi connectivity index (χ4n) is 0.119. The summed E-state index contributed by atoms with van der Waals surface area (Å²) in [6.45, 7) is 0. The molecule has 0 radical (unpaired) electrons. The van der Waals surface area contributed by atoms with Crippen molar-refractivity contribution in [1.82, 2.24) is 0 Å². The molecule has 0 fully saturated rings. The molecule has 0 bridgehead atoms. The first-order valence-corrected chi connectivity index (χ1v) is 4.23. The quantitative estimate of drug-likeness (QED) is 0.486. The van der Waals surface area contributed by atoms with Crippen molar-refractivity contribution in [3.63, 3.8) is 0 Å². The van der Waals surface area contributed by atoms with E-state index in [4.69, 9.17) is 4.55 Å². The van der Waals surface area contributed by atoms with Crippen molar-refractivity contribution in [2.75, 3.05) is 0 Å². The van der Waals surface area contributed by atoms with E-state index in [-0.39, 0.29) is 0 Å². The fourth-order valence-corrected chi connectivity index (χ4v) is 1.07. The van der Waals surface area contributed by atoms with E-state index in [1.165, 1.54) is 0 Å². The molecule has 0 aliphatic rings. The minimum absolute atomic E-state index is 1.46. The van der Waals surface area contributed by atoms with Crippen LogP contribution in [0.2, 0.25) is 0 Å². The van der Waals surface area contributed by atoms with Crippen LogP contribution in [0.15, 0.2) is 0 Å². The second-order valence-electron chi connectivity index (χ2n) is 0.957. The number of alkyl halides is 3. The van der Waals surface area contributed by atoms with E-state index < -0.39 is 25.5 Å². The summed E-state index contributed by atoms with van der Waals surface area (Å²) >= 11 is 0. The summed E-state index contributed by atoms with van der Waals surface area (Å²) in [5, 5.41) is 0. The summed E-state index contributed by atoms with van der Waals surface area (Å²) in [4.78, 5) is 0. The standard InChI is InChI=1S/CHF3O3S2/c2-1(3,4)8-9(5,6)7/h(H,5,6,7). The van der Waals surface area contributed by atoms with Gasteiger partial charge in [-0.15, -0.1) is 0 Å². The fraction of sp³-hybridized carbons (Fsp3) is 1.00. The topological polar surface area (TPSA) is 54.4 Å². The van der Waals surface area contributed by atoms with Crippen molar-refractivity contribution < 1.29 is 26.1 Å². The van der Waals surface area contributed by atoms with Crippen LogP contribution in [0.4, 0.5) is 13.2 Å². The van der Waals surface area contributed by atoms with Gasteiger partial charge in [0.1, 0.15) is 10.8 Å². The monoisotopic (exact) mass is 182 g/mol. The average molecular weight is 182 g/mol. The summed E-state index contributed by atoms with van der Waals surface area (Å²) in [7, 11) is -6.45. The molecule has 0 heterocycles. The first-order valence-electron chi connectivity index (χ1n) is 1.45. The van der Waals surface area contributed by atoms with Gasteiger partial charge in [-0.1, -0.05) is 0 Å². The van der Waals surface area contributed by atoms with Crippen LogP contribution in [0.3, 0.4) is 0 Å². The Hall–Kier alpha value is 0.0500. The molecule has 9 heavy (non-hydrogen) atoms. The molecule has 3 nitrogen and oxygen atoms in total. The van der Waals surface area contributed by atoms with Crippen LogP contribution in [-0.2, 0) is 9.15 Å². The molecule has 0 saturated heterocycles. The molecule has 0 saturated carbocycles. The third-order valence-corrected chi connectivity index (χ3v) is 1.80. The second-order valence-corrected chi connectivity index (χ2v) is 4.21. The van der Waals surface area contributed by atoms with Crippen molar-refractivity contribution in [1.29, 1.82) is 0 Å². The molecule has 0 aromatic rings. The summed E-state index contributed by atoms with van der Waals surface area (Å²) in [5.41, 5.74) is -4.94. The van der Waals surface area contributed by atoms with Crippen LogP contribution < -0.4 is 0 Å². The Morgan fingerprint density at radius 1 is 1.33 bits per heavy atom. The zero-order chi connectivity index (χ0) is 7.71. The molecule has 1 N–H and O–H groups in total. The third kappa shape index (κ3) is 8.05. The predicted molar refractivity (Wildman–Crippen MR) is 25.2 cm³/mol. The Balaban J connectivity index is 4.07. The zero-order valence-electron chi connectivity index (χ0n) is 3.71. The predicted octanol–water partition coefficient (Wildman–Crippen LogP) is 1.04. The normalized spacial score (nSPS) is 13.8. The van der Waals surface area contributed by atoms with Gasteiger partial charge in [-0.05, 0) is 0 Å². The van der Waals surface area contributed by atoms with Gasteiger partial charge >= 0.3 is 14.7 Å². The van der Waals surface area contributed by atoms with Crippen molar-refractivity contribution in [3.05, 3.63) is 0 Å². The average Bonchev–Trinajstić information content (AvgIpc) is 1.14. The molecule has 56 valence electrons. The van der Waals surface area contributed by atoms with Crippen molar-refractivity contribution in [2.24, 2.45) is 0 Å². The molecule has 0 aliphatic carbocycles. The van der Waals surface area contributed by atoms with Crippen LogP contribution >= 0.6 is 10.8 Å². The molecule has 8 heteroatoms. The highest BCUT2D eigenvalue weighted by Crippen LogP contribution is 2.33. The molecule has 0 spiro atoms. The van der Waals surface area contributed by atoms with Gasteiger partial charge in [-0.3, -0.25) is 4.55 Å². The Morgan fingerprint density at radius 2 is 1.67 bits per heavy atom. The first-order chi connectivity index (χ1) is 3.71. The van der Waals surface area contributed by atoms with Crippen LogP contribution in [0, 0.1) is 0 Å². The largest absolute Gasteiger partial charge is 0.458 e. The highest BCUT2D eigenvalue weighted by molar-refractivity contribution is 8.70. The maximum absolute atomic E-state index is 11.0. The van der Waals surface area contributed by atoms with Gasteiger partial charge in [-0.2, -0.15) is 21.6 Å². The molecule has 0 amide bonds. The maximum Gasteiger partial charge on any atom is 0.458 e. The lowest BCUT2D eigenvalue weighted by Gasteiger charge is -1.98.